The summed E-state index contributed by atoms with van der Waals surface area (Å²) in [5, 5.41) is 9.10. The number of ether oxygens (including phenoxy) is 3. The Balaban J connectivity index is 3.41. The fourth-order valence-electron chi connectivity index (χ4n) is 1.79. The van der Waals surface area contributed by atoms with Gasteiger partial charge in [-0.3, -0.25) is 0 Å². The van der Waals surface area contributed by atoms with Crippen molar-refractivity contribution in [3.63, 3.8) is 0 Å². The summed E-state index contributed by atoms with van der Waals surface area (Å²) in [5.74, 6) is -0.217. The zero-order chi connectivity index (χ0) is 20.1. The maximum Gasteiger partial charge on any atom is 0.425 e. The Bertz CT molecular complexity index is 621. The third-order valence-electron chi connectivity index (χ3n) is 2.70. The number of hydrogen-bond donors (Lipinski definition) is 1. The van der Waals surface area contributed by atoms with Crippen LogP contribution < -0.4 is 9.64 Å². The molecule has 146 valence electrons. The number of carbonyl (C=O) groups excluding carboxylic acids is 2. The molecule has 0 spiro atoms. The van der Waals surface area contributed by atoms with Gasteiger partial charge in [0, 0.05) is 13.0 Å². The summed E-state index contributed by atoms with van der Waals surface area (Å²) in [7, 11) is 1.33. The summed E-state index contributed by atoms with van der Waals surface area (Å²) >= 11 is 0. The molecule has 0 aliphatic heterocycles. The number of nitrogens with zero attached hydrogens (tertiary/aromatic N) is 3. The molecule has 1 aromatic heterocycles. The van der Waals surface area contributed by atoms with Crippen LogP contribution in [0.15, 0.2) is 6.20 Å². The Hall–Kier alpha value is -2.42. The molecule has 1 heterocycles. The highest BCUT2D eigenvalue weighted by Gasteiger charge is 2.36. The quantitative estimate of drug-likeness (QED) is 0.862. The predicted octanol–water partition coefficient (Wildman–Crippen LogP) is 2.70. The van der Waals surface area contributed by atoms with Crippen molar-refractivity contribution >= 4 is 18.0 Å². The van der Waals surface area contributed by atoms with E-state index in [9.17, 15) is 9.59 Å². The first-order valence-corrected chi connectivity index (χ1v) is 8.15. The first kappa shape index (κ1) is 21.6. The van der Waals surface area contributed by atoms with Gasteiger partial charge in [0.15, 0.2) is 0 Å². The zero-order valence-corrected chi connectivity index (χ0v) is 16.3. The highest BCUT2D eigenvalue weighted by Crippen LogP contribution is 2.27. The van der Waals surface area contributed by atoms with Gasteiger partial charge in [-0.15, -0.1) is 0 Å². The Morgan fingerprint density at radius 3 is 1.96 bits per heavy atom. The maximum atomic E-state index is 12.7. The van der Waals surface area contributed by atoms with E-state index in [1.165, 1.54) is 13.3 Å². The van der Waals surface area contributed by atoms with Crippen LogP contribution in [0.25, 0.3) is 0 Å². The second kappa shape index (κ2) is 8.31. The van der Waals surface area contributed by atoms with E-state index in [4.69, 9.17) is 19.3 Å². The molecule has 0 bridgehead atoms. The van der Waals surface area contributed by atoms with Crippen molar-refractivity contribution in [2.45, 2.75) is 59.2 Å². The number of hydrogen-bond acceptors (Lipinski definition) is 8. The van der Waals surface area contributed by atoms with Crippen LogP contribution in [0.1, 0.15) is 47.2 Å². The van der Waals surface area contributed by atoms with Crippen LogP contribution in [0.5, 0.6) is 5.88 Å². The van der Waals surface area contributed by atoms with Gasteiger partial charge in [-0.05, 0) is 41.5 Å². The summed E-state index contributed by atoms with van der Waals surface area (Å²) < 4.78 is 15.7. The molecular formula is C17H27N3O6. The van der Waals surface area contributed by atoms with Crippen LogP contribution in [0, 0.1) is 0 Å². The Kier molecular flexibility index (Phi) is 6.91. The van der Waals surface area contributed by atoms with E-state index in [0.29, 0.717) is 10.6 Å². The standard InChI is InChI=1S/C17H27N3O6/c1-16(2,3)25-14(22)20(15(23)26-17(4,5)6)12-13(24-7)18-10-11(19-12)8-9-21/h10,21H,8-9H2,1-7H3. The van der Waals surface area contributed by atoms with Gasteiger partial charge in [0.1, 0.15) is 11.2 Å². The smallest absolute Gasteiger partial charge is 0.425 e. The Morgan fingerprint density at radius 2 is 1.58 bits per heavy atom. The minimum atomic E-state index is -0.972. The summed E-state index contributed by atoms with van der Waals surface area (Å²) in [4.78, 5) is 34.2. The first-order valence-electron chi connectivity index (χ1n) is 8.15. The molecule has 0 saturated heterocycles. The van der Waals surface area contributed by atoms with Crippen molar-refractivity contribution in [3.8, 4) is 5.88 Å². The first-order chi connectivity index (χ1) is 11.9. The Labute approximate surface area is 153 Å². The van der Waals surface area contributed by atoms with Gasteiger partial charge < -0.3 is 19.3 Å². The number of aromatic nitrogens is 2. The number of aliphatic hydroxyl groups excluding tert-OH is 1. The van der Waals surface area contributed by atoms with E-state index in [1.807, 2.05) is 0 Å². The van der Waals surface area contributed by atoms with Crippen molar-refractivity contribution in [2.75, 3.05) is 18.6 Å². The molecule has 9 heteroatoms. The van der Waals surface area contributed by atoms with Crippen LogP contribution in [0.4, 0.5) is 15.4 Å². The van der Waals surface area contributed by atoms with Crippen LogP contribution in [0.2, 0.25) is 0 Å². The molecule has 9 nitrogen and oxygen atoms in total. The molecule has 0 aliphatic carbocycles. The predicted molar refractivity (Wildman–Crippen MR) is 94.3 cm³/mol. The molecule has 0 fully saturated rings. The lowest BCUT2D eigenvalue weighted by molar-refractivity contribution is 0.0427. The molecule has 1 N–H and O–H groups in total. The normalized spacial score (nSPS) is 11.7. The molecule has 0 radical (unpaired) electrons. The summed E-state index contributed by atoms with van der Waals surface area (Å²) in [6.45, 7) is 9.85. The Morgan fingerprint density at radius 1 is 1.08 bits per heavy atom. The molecule has 0 atom stereocenters. The number of aliphatic hydroxyl groups is 1. The summed E-state index contributed by atoms with van der Waals surface area (Å²) in [6, 6.07) is 0. The van der Waals surface area contributed by atoms with Crippen molar-refractivity contribution in [1.29, 1.82) is 0 Å². The average Bonchev–Trinajstić information content (AvgIpc) is 2.44. The van der Waals surface area contributed by atoms with Gasteiger partial charge in [-0.2, -0.15) is 4.90 Å². The van der Waals surface area contributed by atoms with Crippen molar-refractivity contribution in [3.05, 3.63) is 11.9 Å². The number of carbonyl (C=O) groups is 2. The summed E-state index contributed by atoms with van der Waals surface area (Å²) in [5.41, 5.74) is -1.32. The van der Waals surface area contributed by atoms with Gasteiger partial charge in [-0.25, -0.2) is 19.6 Å². The van der Waals surface area contributed by atoms with E-state index in [1.54, 1.807) is 41.5 Å². The third kappa shape index (κ3) is 6.47. The van der Waals surface area contributed by atoms with Crippen LogP contribution >= 0.6 is 0 Å². The lowest BCUT2D eigenvalue weighted by Gasteiger charge is -2.28. The number of anilines is 1. The number of methoxy groups -OCH3 is 1. The van der Waals surface area contributed by atoms with Crippen LogP contribution in [-0.4, -0.2) is 52.2 Å². The number of imide groups is 1. The van der Waals surface area contributed by atoms with E-state index < -0.39 is 23.4 Å². The molecule has 0 aromatic carbocycles. The fourth-order valence-corrected chi connectivity index (χ4v) is 1.79. The minimum absolute atomic E-state index is 0.0524. The van der Waals surface area contributed by atoms with Gasteiger partial charge in [0.05, 0.1) is 19.0 Å². The minimum Gasteiger partial charge on any atom is -0.478 e. The molecule has 0 saturated carbocycles. The number of rotatable bonds is 4. The van der Waals surface area contributed by atoms with Gasteiger partial charge in [0.25, 0.3) is 5.88 Å². The molecule has 2 amide bonds. The fraction of sp³-hybridized carbons (Fsp3) is 0.647. The summed E-state index contributed by atoms with van der Waals surface area (Å²) in [6.07, 6.45) is -0.359. The topological polar surface area (TPSA) is 111 Å². The molecule has 26 heavy (non-hydrogen) atoms. The molecule has 0 aliphatic rings. The molecular weight excluding hydrogens is 342 g/mol. The maximum absolute atomic E-state index is 12.7. The van der Waals surface area contributed by atoms with E-state index in [0.717, 1.165) is 0 Å². The van der Waals surface area contributed by atoms with Crippen LogP contribution in [-0.2, 0) is 15.9 Å². The van der Waals surface area contributed by atoms with E-state index in [2.05, 4.69) is 9.97 Å². The van der Waals surface area contributed by atoms with Crippen LogP contribution in [0.3, 0.4) is 0 Å². The third-order valence-corrected chi connectivity index (χ3v) is 2.70. The lowest BCUT2D eigenvalue weighted by Crippen LogP contribution is -2.44. The second-order valence-electron chi connectivity index (χ2n) is 7.46. The number of amides is 2. The second-order valence-corrected chi connectivity index (χ2v) is 7.46. The van der Waals surface area contributed by atoms with E-state index in [-0.39, 0.29) is 24.7 Å². The highest BCUT2D eigenvalue weighted by molar-refractivity contribution is 6.09. The highest BCUT2D eigenvalue weighted by atomic mass is 16.6. The van der Waals surface area contributed by atoms with Crippen molar-refractivity contribution < 1.29 is 28.9 Å². The van der Waals surface area contributed by atoms with Gasteiger partial charge >= 0.3 is 12.2 Å². The van der Waals surface area contributed by atoms with Gasteiger partial charge in [0.2, 0.25) is 5.82 Å². The van der Waals surface area contributed by atoms with Gasteiger partial charge in [-0.1, -0.05) is 0 Å². The van der Waals surface area contributed by atoms with Crippen molar-refractivity contribution in [2.24, 2.45) is 0 Å². The molecule has 1 aromatic rings. The van der Waals surface area contributed by atoms with Crippen molar-refractivity contribution in [1.82, 2.24) is 9.97 Å². The zero-order valence-electron chi connectivity index (χ0n) is 16.3. The largest absolute Gasteiger partial charge is 0.478 e. The average molecular weight is 369 g/mol. The molecule has 0 unspecified atom stereocenters. The molecule has 1 rings (SSSR count). The SMILES string of the molecule is COc1ncc(CCO)nc1N(C(=O)OC(C)(C)C)C(=O)OC(C)(C)C. The lowest BCUT2D eigenvalue weighted by atomic mass is 10.2. The van der Waals surface area contributed by atoms with E-state index >= 15 is 0 Å². The monoisotopic (exact) mass is 369 g/mol.